The van der Waals surface area contributed by atoms with E-state index in [0.717, 1.165) is 0 Å². The highest BCUT2D eigenvalue weighted by Crippen LogP contribution is 2.17. The Morgan fingerprint density at radius 2 is 2.12 bits per heavy atom. The molecule has 0 bridgehead atoms. The van der Waals surface area contributed by atoms with Gasteiger partial charge in [0.15, 0.2) is 0 Å². The van der Waals surface area contributed by atoms with E-state index in [0.29, 0.717) is 36.3 Å². The van der Waals surface area contributed by atoms with Gasteiger partial charge in [-0.1, -0.05) is 6.07 Å². The molecule has 0 saturated carbocycles. The Morgan fingerprint density at radius 1 is 1.41 bits per heavy atom. The number of hydrogen-bond donors (Lipinski definition) is 0. The molecular weight excluding hydrogens is 289 g/mol. The van der Waals surface area contributed by atoms with E-state index in [-0.39, 0.29) is 18.1 Å². The lowest BCUT2D eigenvalue weighted by atomic mass is 10.1. The molecule has 0 spiro atoms. The molecular formula is C12H13BrFNO2. The van der Waals surface area contributed by atoms with Crippen molar-refractivity contribution in [2.45, 2.75) is 6.42 Å². The molecule has 3 nitrogen and oxygen atoms in total. The Hall–Kier alpha value is -0.940. The van der Waals surface area contributed by atoms with Crippen LogP contribution in [0.5, 0.6) is 0 Å². The normalized spacial score (nSPS) is 16.0. The Bertz CT molecular complexity index is 419. The molecule has 0 unspecified atom stereocenters. The second-order valence-electron chi connectivity index (χ2n) is 3.92. The van der Waals surface area contributed by atoms with Crippen LogP contribution in [-0.2, 0) is 16.0 Å². The van der Waals surface area contributed by atoms with Crippen LogP contribution in [0.1, 0.15) is 5.56 Å². The van der Waals surface area contributed by atoms with Crippen molar-refractivity contribution in [3.63, 3.8) is 0 Å². The van der Waals surface area contributed by atoms with E-state index in [1.807, 2.05) is 0 Å². The number of rotatable bonds is 2. The molecule has 1 aliphatic rings. The van der Waals surface area contributed by atoms with E-state index < -0.39 is 0 Å². The molecule has 17 heavy (non-hydrogen) atoms. The van der Waals surface area contributed by atoms with Gasteiger partial charge in [-0.3, -0.25) is 4.79 Å². The maximum absolute atomic E-state index is 13.3. The van der Waals surface area contributed by atoms with Crippen LogP contribution >= 0.6 is 15.9 Å². The number of ether oxygens (including phenoxy) is 1. The van der Waals surface area contributed by atoms with E-state index in [9.17, 15) is 9.18 Å². The van der Waals surface area contributed by atoms with Crippen molar-refractivity contribution in [1.29, 1.82) is 0 Å². The zero-order valence-electron chi connectivity index (χ0n) is 9.29. The molecule has 0 aromatic heterocycles. The number of morpholine rings is 1. The first kappa shape index (κ1) is 12.5. The predicted molar refractivity (Wildman–Crippen MR) is 65.2 cm³/mol. The topological polar surface area (TPSA) is 29.5 Å². The van der Waals surface area contributed by atoms with Crippen LogP contribution in [0.25, 0.3) is 0 Å². The monoisotopic (exact) mass is 301 g/mol. The Kier molecular flexibility index (Phi) is 4.12. The first-order chi connectivity index (χ1) is 8.16. The fraction of sp³-hybridized carbons (Fsp3) is 0.417. The van der Waals surface area contributed by atoms with E-state index in [2.05, 4.69) is 15.9 Å². The first-order valence-corrected chi connectivity index (χ1v) is 6.25. The molecule has 2 rings (SSSR count). The SMILES string of the molecule is O=C(Cc1ccc(Br)c(F)c1)N1CCOCC1. The minimum absolute atomic E-state index is 0.0232. The third-order valence-electron chi connectivity index (χ3n) is 2.70. The van der Waals surface area contributed by atoms with Crippen LogP contribution in [0.15, 0.2) is 22.7 Å². The summed E-state index contributed by atoms with van der Waals surface area (Å²) >= 11 is 3.09. The van der Waals surface area contributed by atoms with Crippen molar-refractivity contribution in [2.75, 3.05) is 26.3 Å². The number of carbonyl (C=O) groups excluding carboxylic acids is 1. The smallest absolute Gasteiger partial charge is 0.227 e. The second kappa shape index (κ2) is 5.60. The van der Waals surface area contributed by atoms with Gasteiger partial charge in [-0.05, 0) is 33.6 Å². The van der Waals surface area contributed by atoms with Crippen molar-refractivity contribution < 1.29 is 13.9 Å². The Morgan fingerprint density at radius 3 is 2.76 bits per heavy atom. The number of carbonyl (C=O) groups is 1. The molecule has 0 atom stereocenters. The molecule has 1 amide bonds. The first-order valence-electron chi connectivity index (χ1n) is 5.46. The Balaban J connectivity index is 1.99. The van der Waals surface area contributed by atoms with Gasteiger partial charge in [0.2, 0.25) is 5.91 Å². The van der Waals surface area contributed by atoms with Gasteiger partial charge in [0.1, 0.15) is 5.82 Å². The quantitative estimate of drug-likeness (QED) is 0.836. The molecule has 1 aliphatic heterocycles. The van der Waals surface area contributed by atoms with Crippen LogP contribution < -0.4 is 0 Å². The summed E-state index contributed by atoms with van der Waals surface area (Å²) in [5.74, 6) is -0.313. The number of nitrogens with zero attached hydrogens (tertiary/aromatic N) is 1. The molecule has 1 saturated heterocycles. The molecule has 1 fully saturated rings. The third kappa shape index (κ3) is 3.26. The van der Waals surface area contributed by atoms with E-state index in [4.69, 9.17) is 4.74 Å². The average molecular weight is 302 g/mol. The highest BCUT2D eigenvalue weighted by Gasteiger charge is 2.17. The molecule has 0 radical (unpaired) electrons. The van der Waals surface area contributed by atoms with Crippen LogP contribution in [0.2, 0.25) is 0 Å². The number of hydrogen-bond acceptors (Lipinski definition) is 2. The summed E-state index contributed by atoms with van der Waals surface area (Å²) < 4.78 is 18.9. The third-order valence-corrected chi connectivity index (χ3v) is 3.35. The maximum atomic E-state index is 13.3. The lowest BCUT2D eigenvalue weighted by molar-refractivity contribution is -0.134. The highest BCUT2D eigenvalue weighted by molar-refractivity contribution is 9.10. The van der Waals surface area contributed by atoms with Crippen LogP contribution in [0, 0.1) is 5.82 Å². The van der Waals surface area contributed by atoms with Gasteiger partial charge in [0.25, 0.3) is 0 Å². The van der Waals surface area contributed by atoms with Crippen molar-refractivity contribution in [3.05, 3.63) is 34.1 Å². The largest absolute Gasteiger partial charge is 0.378 e. The number of benzene rings is 1. The lowest BCUT2D eigenvalue weighted by Gasteiger charge is -2.26. The zero-order chi connectivity index (χ0) is 12.3. The summed E-state index contributed by atoms with van der Waals surface area (Å²) in [7, 11) is 0. The minimum atomic E-state index is -0.336. The van der Waals surface area contributed by atoms with Crippen molar-refractivity contribution in [3.8, 4) is 0 Å². The summed E-state index contributed by atoms with van der Waals surface area (Å²) in [4.78, 5) is 13.7. The highest BCUT2D eigenvalue weighted by atomic mass is 79.9. The van der Waals surface area contributed by atoms with Crippen LogP contribution in [-0.4, -0.2) is 37.1 Å². The molecule has 1 aromatic carbocycles. The number of amides is 1. The predicted octanol–water partition coefficient (Wildman–Crippen LogP) is 1.99. The fourth-order valence-corrected chi connectivity index (χ4v) is 2.00. The Labute approximate surface area is 108 Å². The van der Waals surface area contributed by atoms with Crippen molar-refractivity contribution in [1.82, 2.24) is 4.90 Å². The van der Waals surface area contributed by atoms with E-state index in [1.54, 1.807) is 17.0 Å². The maximum Gasteiger partial charge on any atom is 0.227 e. The standard InChI is InChI=1S/C12H13BrFNO2/c13-10-2-1-9(7-11(10)14)8-12(16)15-3-5-17-6-4-15/h1-2,7H,3-6,8H2. The summed E-state index contributed by atoms with van der Waals surface area (Å²) in [6, 6.07) is 4.77. The van der Waals surface area contributed by atoms with Crippen LogP contribution in [0.4, 0.5) is 4.39 Å². The summed E-state index contributed by atoms with van der Waals surface area (Å²) in [6.45, 7) is 2.41. The lowest BCUT2D eigenvalue weighted by Crippen LogP contribution is -2.41. The molecule has 0 N–H and O–H groups in total. The van der Waals surface area contributed by atoms with Gasteiger partial charge >= 0.3 is 0 Å². The minimum Gasteiger partial charge on any atom is -0.378 e. The van der Waals surface area contributed by atoms with Gasteiger partial charge in [-0.2, -0.15) is 0 Å². The van der Waals surface area contributed by atoms with Gasteiger partial charge in [-0.25, -0.2) is 4.39 Å². The summed E-state index contributed by atoms with van der Waals surface area (Å²) in [5.41, 5.74) is 0.696. The van der Waals surface area contributed by atoms with E-state index in [1.165, 1.54) is 6.07 Å². The van der Waals surface area contributed by atoms with Gasteiger partial charge in [-0.15, -0.1) is 0 Å². The van der Waals surface area contributed by atoms with Gasteiger partial charge in [0.05, 0.1) is 24.1 Å². The molecule has 5 heteroatoms. The van der Waals surface area contributed by atoms with Crippen LogP contribution in [0.3, 0.4) is 0 Å². The van der Waals surface area contributed by atoms with E-state index >= 15 is 0 Å². The van der Waals surface area contributed by atoms with Crippen molar-refractivity contribution >= 4 is 21.8 Å². The summed E-state index contributed by atoms with van der Waals surface area (Å²) in [6.07, 6.45) is 0.240. The average Bonchev–Trinajstić information content (AvgIpc) is 2.35. The fourth-order valence-electron chi connectivity index (χ4n) is 1.75. The molecule has 1 aromatic rings. The molecule has 0 aliphatic carbocycles. The molecule has 1 heterocycles. The van der Waals surface area contributed by atoms with Gasteiger partial charge < -0.3 is 9.64 Å². The van der Waals surface area contributed by atoms with Gasteiger partial charge in [0, 0.05) is 13.1 Å². The molecule has 92 valence electrons. The van der Waals surface area contributed by atoms with Crippen molar-refractivity contribution in [2.24, 2.45) is 0 Å². The second-order valence-corrected chi connectivity index (χ2v) is 4.77. The summed E-state index contributed by atoms with van der Waals surface area (Å²) in [5, 5.41) is 0. The zero-order valence-corrected chi connectivity index (χ0v) is 10.9. The number of halogens is 2.